The largest absolute Gasteiger partial charge is 0.336 e. The van der Waals surface area contributed by atoms with Crippen molar-refractivity contribution in [1.29, 1.82) is 0 Å². The number of carbonyl (C=O) groups excluding carboxylic acids is 1. The fraction of sp³-hybridized carbons (Fsp3) is 0.393. The lowest BCUT2D eigenvalue weighted by Crippen LogP contribution is -2.50. The highest BCUT2D eigenvalue weighted by Crippen LogP contribution is 2.25. The third kappa shape index (κ3) is 6.09. The van der Waals surface area contributed by atoms with E-state index in [1.54, 1.807) is 29.2 Å². The highest BCUT2D eigenvalue weighted by molar-refractivity contribution is 7.89. The summed E-state index contributed by atoms with van der Waals surface area (Å²) < 4.78 is 27.9. The van der Waals surface area contributed by atoms with E-state index in [1.165, 1.54) is 4.31 Å². The van der Waals surface area contributed by atoms with Gasteiger partial charge >= 0.3 is 0 Å². The Kier molecular flexibility index (Phi) is 8.05. The van der Waals surface area contributed by atoms with Crippen molar-refractivity contribution >= 4 is 38.3 Å². The smallest absolute Gasteiger partial charge is 0.253 e. The molecule has 1 amide bonds. The summed E-state index contributed by atoms with van der Waals surface area (Å²) in [4.78, 5) is 15.0. The molecule has 0 aliphatic carbocycles. The molecule has 0 atom stereocenters. The number of fused-ring (bicyclic) bond motifs is 1. The van der Waals surface area contributed by atoms with E-state index in [0.29, 0.717) is 23.7 Å². The second-order valence-electron chi connectivity index (χ2n) is 10.0. The summed E-state index contributed by atoms with van der Waals surface area (Å²) in [6, 6.07) is 18.1. The second-order valence-corrected chi connectivity index (χ2v) is 12.4. The van der Waals surface area contributed by atoms with Crippen LogP contribution in [0.4, 0.5) is 0 Å². The number of rotatable bonds is 8. The Labute approximate surface area is 219 Å². The molecule has 36 heavy (non-hydrogen) atoms. The molecule has 8 heteroatoms. The molecule has 0 saturated carbocycles. The SMILES string of the molecule is CCCC(C)(C)NCc1ccc(C(=O)N2CCN(S(=O)(=O)c3ccc4cc(Cl)ccc4c3)CC2)cc1. The van der Waals surface area contributed by atoms with E-state index in [4.69, 9.17) is 11.6 Å². The van der Waals surface area contributed by atoms with Crippen LogP contribution in [0.2, 0.25) is 5.02 Å². The van der Waals surface area contributed by atoms with Crippen LogP contribution in [-0.2, 0) is 16.6 Å². The summed E-state index contributed by atoms with van der Waals surface area (Å²) in [5.41, 5.74) is 1.82. The molecule has 6 nitrogen and oxygen atoms in total. The number of piperazine rings is 1. The first-order valence-corrected chi connectivity index (χ1v) is 14.2. The van der Waals surface area contributed by atoms with Crippen LogP contribution in [0, 0.1) is 0 Å². The third-order valence-electron chi connectivity index (χ3n) is 6.78. The zero-order valence-corrected chi connectivity index (χ0v) is 22.7. The average Bonchev–Trinajstić information content (AvgIpc) is 2.87. The molecule has 1 aliphatic heterocycles. The molecule has 0 bridgehead atoms. The van der Waals surface area contributed by atoms with E-state index in [2.05, 4.69) is 26.1 Å². The van der Waals surface area contributed by atoms with Gasteiger partial charge in [0, 0.05) is 48.8 Å². The van der Waals surface area contributed by atoms with Crippen molar-refractivity contribution < 1.29 is 13.2 Å². The summed E-state index contributed by atoms with van der Waals surface area (Å²) in [5.74, 6) is -0.0690. The number of hydrogen-bond donors (Lipinski definition) is 1. The quantitative estimate of drug-likeness (QED) is 0.431. The molecule has 1 fully saturated rings. The fourth-order valence-corrected chi connectivity index (χ4v) is 6.28. The molecule has 192 valence electrons. The minimum Gasteiger partial charge on any atom is -0.336 e. The van der Waals surface area contributed by atoms with Crippen molar-refractivity contribution in [2.75, 3.05) is 26.2 Å². The Morgan fingerprint density at radius 3 is 2.25 bits per heavy atom. The minimum absolute atomic E-state index is 0.0690. The van der Waals surface area contributed by atoms with E-state index < -0.39 is 10.0 Å². The second kappa shape index (κ2) is 10.9. The van der Waals surface area contributed by atoms with E-state index in [1.807, 2.05) is 36.4 Å². The normalized spacial score (nSPS) is 15.4. The molecule has 4 rings (SSSR count). The zero-order valence-electron chi connectivity index (χ0n) is 21.1. The predicted molar refractivity (Wildman–Crippen MR) is 146 cm³/mol. The summed E-state index contributed by atoms with van der Waals surface area (Å²) in [7, 11) is -3.65. The van der Waals surface area contributed by atoms with Gasteiger partial charge in [0.1, 0.15) is 0 Å². The van der Waals surface area contributed by atoms with Gasteiger partial charge < -0.3 is 10.2 Å². The zero-order chi connectivity index (χ0) is 25.9. The van der Waals surface area contributed by atoms with Gasteiger partial charge in [-0.15, -0.1) is 0 Å². The van der Waals surface area contributed by atoms with Crippen molar-refractivity contribution in [3.8, 4) is 0 Å². The van der Waals surface area contributed by atoms with Crippen molar-refractivity contribution in [3.63, 3.8) is 0 Å². The first-order chi connectivity index (χ1) is 17.1. The molecule has 3 aromatic carbocycles. The first kappa shape index (κ1) is 26.6. The Hall–Kier alpha value is -2.45. The van der Waals surface area contributed by atoms with Gasteiger partial charge in [-0.3, -0.25) is 4.79 Å². The third-order valence-corrected chi connectivity index (χ3v) is 8.91. The van der Waals surface area contributed by atoms with Crippen LogP contribution < -0.4 is 5.32 Å². The van der Waals surface area contributed by atoms with Crippen LogP contribution in [0.1, 0.15) is 49.5 Å². The van der Waals surface area contributed by atoms with E-state index in [-0.39, 0.29) is 29.4 Å². The van der Waals surface area contributed by atoms with Gasteiger partial charge in [-0.05, 0) is 73.0 Å². The van der Waals surface area contributed by atoms with Gasteiger partial charge in [-0.2, -0.15) is 4.31 Å². The molecule has 3 aromatic rings. The van der Waals surface area contributed by atoms with Crippen molar-refractivity contribution in [2.45, 2.75) is 50.6 Å². The summed E-state index contributed by atoms with van der Waals surface area (Å²) in [5, 5.41) is 5.89. The molecule has 1 heterocycles. The number of nitrogens with zero attached hydrogens (tertiary/aromatic N) is 2. The monoisotopic (exact) mass is 527 g/mol. The highest BCUT2D eigenvalue weighted by atomic mass is 35.5. The predicted octanol–water partition coefficient (Wildman–Crippen LogP) is 5.31. The lowest BCUT2D eigenvalue weighted by molar-refractivity contribution is 0.0698. The maximum absolute atomic E-state index is 13.2. The van der Waals surface area contributed by atoms with E-state index in [9.17, 15) is 13.2 Å². The van der Waals surface area contributed by atoms with Gasteiger partial charge in [-0.25, -0.2) is 8.42 Å². The van der Waals surface area contributed by atoms with Crippen LogP contribution in [-0.4, -0.2) is 55.2 Å². The van der Waals surface area contributed by atoms with Gasteiger partial charge in [0.25, 0.3) is 5.91 Å². The Morgan fingerprint density at radius 1 is 0.944 bits per heavy atom. The Morgan fingerprint density at radius 2 is 1.58 bits per heavy atom. The Bertz CT molecular complexity index is 1330. The van der Waals surface area contributed by atoms with Gasteiger partial charge in [0.05, 0.1) is 4.90 Å². The van der Waals surface area contributed by atoms with Crippen molar-refractivity contribution in [1.82, 2.24) is 14.5 Å². The van der Waals surface area contributed by atoms with Crippen LogP contribution >= 0.6 is 11.6 Å². The molecular weight excluding hydrogens is 494 g/mol. The number of hydrogen-bond acceptors (Lipinski definition) is 4. The highest BCUT2D eigenvalue weighted by Gasteiger charge is 2.30. The summed E-state index contributed by atoms with van der Waals surface area (Å²) in [6.45, 7) is 8.57. The van der Waals surface area contributed by atoms with Crippen LogP contribution in [0.15, 0.2) is 65.6 Å². The van der Waals surface area contributed by atoms with E-state index >= 15 is 0 Å². The number of carbonyl (C=O) groups is 1. The molecule has 0 unspecified atom stereocenters. The molecule has 1 aliphatic rings. The van der Waals surface area contributed by atoms with Gasteiger partial charge in [0.2, 0.25) is 10.0 Å². The number of benzene rings is 3. The maximum atomic E-state index is 13.2. The van der Waals surface area contributed by atoms with Crippen molar-refractivity contribution in [2.24, 2.45) is 0 Å². The average molecular weight is 528 g/mol. The standard InChI is InChI=1S/C28H34ClN3O3S/c1-4-13-28(2,3)30-20-21-5-7-22(8-6-21)27(33)31-14-16-32(17-15-31)36(34,35)26-12-10-23-18-25(29)11-9-24(23)19-26/h5-12,18-19,30H,4,13-17,20H2,1-3H3. The maximum Gasteiger partial charge on any atom is 0.253 e. The number of halogens is 1. The first-order valence-electron chi connectivity index (χ1n) is 12.4. The topological polar surface area (TPSA) is 69.7 Å². The number of nitrogens with one attached hydrogen (secondary N) is 1. The van der Waals surface area contributed by atoms with Crippen LogP contribution in [0.25, 0.3) is 10.8 Å². The van der Waals surface area contributed by atoms with Crippen LogP contribution in [0.5, 0.6) is 0 Å². The lowest BCUT2D eigenvalue weighted by Gasteiger charge is -2.34. The molecule has 0 spiro atoms. The molecule has 0 radical (unpaired) electrons. The Balaban J connectivity index is 1.36. The molecular formula is C28H34ClN3O3S. The summed E-state index contributed by atoms with van der Waals surface area (Å²) >= 11 is 6.04. The van der Waals surface area contributed by atoms with Crippen LogP contribution in [0.3, 0.4) is 0 Å². The molecule has 0 aromatic heterocycles. The number of amides is 1. The number of sulfonamides is 1. The summed E-state index contributed by atoms with van der Waals surface area (Å²) in [6.07, 6.45) is 2.22. The van der Waals surface area contributed by atoms with Crippen molar-refractivity contribution in [3.05, 3.63) is 76.8 Å². The lowest BCUT2D eigenvalue weighted by atomic mass is 9.98. The molecule has 1 N–H and O–H groups in total. The van der Waals surface area contributed by atoms with Gasteiger partial charge in [0.15, 0.2) is 0 Å². The van der Waals surface area contributed by atoms with Gasteiger partial charge in [-0.1, -0.05) is 49.2 Å². The van der Waals surface area contributed by atoms with E-state index in [0.717, 1.165) is 35.7 Å². The minimum atomic E-state index is -3.65. The molecule has 1 saturated heterocycles. The fourth-order valence-electron chi connectivity index (χ4n) is 4.64.